The Morgan fingerprint density at radius 1 is 1.19 bits per heavy atom. The standard InChI is InChI=1S/C21H31F2N7O2/c1-11(2)16-18(31)27-15-12(3)24-19(28-17(15)29(16)4)25-13-9-14(10-13)26-20(32)30-7-5-21(22,23)6-8-30/h11,13-14,16H,5-10H2,1-4H3,(H,26,32)(H,27,31)(H,24,25,28)/t13-,14+,16-/m0/s1. The molecule has 2 aliphatic heterocycles. The summed E-state index contributed by atoms with van der Waals surface area (Å²) in [6.07, 6.45) is 0.848. The number of alkyl halides is 2. The fraction of sp³-hybridized carbons (Fsp3) is 0.714. The number of halogens is 2. The lowest BCUT2D eigenvalue weighted by atomic mass is 9.87. The Hall–Kier alpha value is -2.72. The number of carbonyl (C=O) groups is 2. The van der Waals surface area contributed by atoms with E-state index in [0.29, 0.717) is 36.0 Å². The third-order valence-electron chi connectivity index (χ3n) is 6.55. The number of aromatic nitrogens is 2. The summed E-state index contributed by atoms with van der Waals surface area (Å²) >= 11 is 0. The van der Waals surface area contributed by atoms with Crippen molar-refractivity contribution in [2.24, 2.45) is 5.92 Å². The van der Waals surface area contributed by atoms with Gasteiger partial charge in [0.1, 0.15) is 11.7 Å². The number of aryl methyl sites for hydroxylation is 1. The van der Waals surface area contributed by atoms with Gasteiger partial charge >= 0.3 is 6.03 Å². The summed E-state index contributed by atoms with van der Waals surface area (Å²) in [6.45, 7) is 5.99. The molecule has 1 aliphatic carbocycles. The number of carbonyl (C=O) groups excluding carboxylic acids is 2. The summed E-state index contributed by atoms with van der Waals surface area (Å²) in [6, 6.07) is -0.481. The highest BCUT2D eigenvalue weighted by Crippen LogP contribution is 2.35. The number of nitrogens with zero attached hydrogens (tertiary/aromatic N) is 4. The minimum absolute atomic E-state index is 0.00607. The molecular formula is C21H31F2N7O2. The second kappa shape index (κ2) is 8.32. The summed E-state index contributed by atoms with van der Waals surface area (Å²) < 4.78 is 26.6. The highest BCUT2D eigenvalue weighted by molar-refractivity contribution is 6.03. The minimum atomic E-state index is -2.67. The van der Waals surface area contributed by atoms with Crippen LogP contribution in [0.5, 0.6) is 0 Å². The number of nitrogens with one attached hydrogen (secondary N) is 3. The predicted molar refractivity (Wildman–Crippen MR) is 117 cm³/mol. The van der Waals surface area contributed by atoms with E-state index >= 15 is 0 Å². The average Bonchev–Trinajstić information content (AvgIpc) is 2.67. The smallest absolute Gasteiger partial charge is 0.317 e. The van der Waals surface area contributed by atoms with E-state index in [-0.39, 0.29) is 61.9 Å². The van der Waals surface area contributed by atoms with E-state index < -0.39 is 5.92 Å². The minimum Gasteiger partial charge on any atom is -0.351 e. The zero-order valence-electron chi connectivity index (χ0n) is 18.9. The first-order valence-corrected chi connectivity index (χ1v) is 11.2. The Kier molecular flexibility index (Phi) is 5.85. The van der Waals surface area contributed by atoms with Gasteiger partial charge in [-0.05, 0) is 25.7 Å². The molecule has 0 spiro atoms. The van der Waals surface area contributed by atoms with E-state index in [1.165, 1.54) is 4.90 Å². The van der Waals surface area contributed by atoms with Crippen molar-refractivity contribution in [1.82, 2.24) is 20.2 Å². The van der Waals surface area contributed by atoms with E-state index in [1.807, 2.05) is 32.7 Å². The van der Waals surface area contributed by atoms with Gasteiger partial charge in [-0.2, -0.15) is 4.98 Å². The average molecular weight is 452 g/mol. The molecule has 0 unspecified atom stereocenters. The molecular weight excluding hydrogens is 420 g/mol. The topological polar surface area (TPSA) is 102 Å². The molecule has 1 saturated heterocycles. The van der Waals surface area contributed by atoms with Crippen molar-refractivity contribution in [3.8, 4) is 0 Å². The second-order valence-electron chi connectivity index (χ2n) is 9.42. The number of hydrogen-bond acceptors (Lipinski definition) is 6. The van der Waals surface area contributed by atoms with Crippen molar-refractivity contribution in [3.05, 3.63) is 5.69 Å². The van der Waals surface area contributed by atoms with Crippen molar-refractivity contribution in [2.75, 3.05) is 35.7 Å². The Balaban J connectivity index is 1.32. The van der Waals surface area contributed by atoms with Gasteiger partial charge < -0.3 is 25.8 Å². The molecule has 3 N–H and O–H groups in total. The molecule has 0 aromatic carbocycles. The molecule has 1 aromatic heterocycles. The van der Waals surface area contributed by atoms with Gasteiger partial charge in [0.15, 0.2) is 5.82 Å². The van der Waals surface area contributed by atoms with Crippen LogP contribution in [0.1, 0.15) is 45.2 Å². The first kappa shape index (κ1) is 22.5. The van der Waals surface area contributed by atoms with Gasteiger partial charge in [0, 0.05) is 45.1 Å². The highest BCUT2D eigenvalue weighted by Gasteiger charge is 2.38. The van der Waals surface area contributed by atoms with Crippen LogP contribution in [0.25, 0.3) is 0 Å². The van der Waals surface area contributed by atoms with Crippen LogP contribution >= 0.6 is 0 Å². The van der Waals surface area contributed by atoms with Crippen LogP contribution in [0.2, 0.25) is 0 Å². The van der Waals surface area contributed by atoms with Crippen molar-refractivity contribution < 1.29 is 18.4 Å². The molecule has 32 heavy (non-hydrogen) atoms. The summed E-state index contributed by atoms with van der Waals surface area (Å²) in [7, 11) is 1.86. The molecule has 176 valence electrons. The van der Waals surface area contributed by atoms with Crippen molar-refractivity contribution in [2.45, 2.75) is 70.5 Å². The summed E-state index contributed by atoms with van der Waals surface area (Å²) in [5.41, 5.74) is 1.32. The SMILES string of the molecule is Cc1nc(N[C@H]2C[C@@H](NC(=O)N3CCC(F)(F)CC3)C2)nc2c1NC(=O)[C@H](C(C)C)N2C. The Morgan fingerprint density at radius 2 is 1.84 bits per heavy atom. The maximum absolute atomic E-state index is 13.3. The van der Waals surface area contributed by atoms with Gasteiger partial charge in [-0.15, -0.1) is 0 Å². The van der Waals surface area contributed by atoms with Gasteiger partial charge in [0.2, 0.25) is 11.9 Å². The molecule has 1 atom stereocenters. The monoisotopic (exact) mass is 451 g/mol. The molecule has 2 fully saturated rings. The fourth-order valence-electron chi connectivity index (χ4n) is 4.62. The number of amides is 3. The zero-order chi connectivity index (χ0) is 23.2. The fourth-order valence-corrected chi connectivity index (χ4v) is 4.62. The highest BCUT2D eigenvalue weighted by atomic mass is 19.3. The van der Waals surface area contributed by atoms with Crippen LogP contribution in [-0.4, -0.2) is 71.0 Å². The Bertz CT molecular complexity index is 894. The normalized spacial score (nSPS) is 26.8. The second-order valence-corrected chi connectivity index (χ2v) is 9.42. The molecule has 9 nitrogen and oxygen atoms in total. The van der Waals surface area contributed by atoms with Crippen LogP contribution in [0, 0.1) is 12.8 Å². The van der Waals surface area contributed by atoms with E-state index in [1.54, 1.807) is 0 Å². The number of rotatable bonds is 4. The largest absolute Gasteiger partial charge is 0.351 e. The van der Waals surface area contributed by atoms with Crippen LogP contribution in [-0.2, 0) is 4.79 Å². The molecule has 4 rings (SSSR count). The van der Waals surface area contributed by atoms with Crippen LogP contribution in [0.15, 0.2) is 0 Å². The summed E-state index contributed by atoms with van der Waals surface area (Å²) in [5.74, 6) is -1.43. The first-order valence-electron chi connectivity index (χ1n) is 11.2. The van der Waals surface area contributed by atoms with Gasteiger partial charge in [0.05, 0.1) is 5.69 Å². The summed E-state index contributed by atoms with van der Waals surface area (Å²) in [4.78, 5) is 37.3. The Labute approximate surface area is 186 Å². The lowest BCUT2D eigenvalue weighted by molar-refractivity contribution is -0.118. The molecule has 1 saturated carbocycles. The lowest BCUT2D eigenvalue weighted by Gasteiger charge is -2.39. The molecule has 0 radical (unpaired) electrons. The number of fused-ring (bicyclic) bond motifs is 1. The number of hydrogen-bond donors (Lipinski definition) is 3. The van der Waals surface area contributed by atoms with Crippen molar-refractivity contribution in [3.63, 3.8) is 0 Å². The number of anilines is 3. The molecule has 11 heteroatoms. The van der Waals surface area contributed by atoms with E-state index in [9.17, 15) is 18.4 Å². The molecule has 1 aromatic rings. The number of likely N-dealkylation sites (N-methyl/N-ethyl adjacent to an activating group) is 1. The van der Waals surface area contributed by atoms with E-state index in [2.05, 4.69) is 25.9 Å². The number of urea groups is 1. The van der Waals surface area contributed by atoms with Crippen molar-refractivity contribution >= 4 is 29.4 Å². The molecule has 3 amide bonds. The van der Waals surface area contributed by atoms with Gasteiger partial charge in [0.25, 0.3) is 5.92 Å². The summed E-state index contributed by atoms with van der Waals surface area (Å²) in [5, 5.41) is 9.17. The van der Waals surface area contributed by atoms with Crippen LogP contribution in [0.4, 0.5) is 31.0 Å². The van der Waals surface area contributed by atoms with Crippen LogP contribution in [0.3, 0.4) is 0 Å². The maximum Gasteiger partial charge on any atom is 0.317 e. The van der Waals surface area contributed by atoms with Gasteiger partial charge in [-0.3, -0.25) is 4.79 Å². The van der Waals surface area contributed by atoms with Crippen molar-refractivity contribution in [1.29, 1.82) is 0 Å². The zero-order valence-corrected chi connectivity index (χ0v) is 18.9. The molecule has 0 bridgehead atoms. The third-order valence-corrected chi connectivity index (χ3v) is 6.55. The predicted octanol–water partition coefficient (Wildman–Crippen LogP) is 2.58. The number of piperidine rings is 1. The molecule has 3 heterocycles. The third kappa shape index (κ3) is 4.42. The van der Waals surface area contributed by atoms with Gasteiger partial charge in [-0.25, -0.2) is 18.6 Å². The van der Waals surface area contributed by atoms with E-state index in [0.717, 1.165) is 0 Å². The van der Waals surface area contributed by atoms with E-state index in [4.69, 9.17) is 0 Å². The maximum atomic E-state index is 13.3. The first-order chi connectivity index (χ1) is 15.0. The quantitative estimate of drug-likeness (QED) is 0.650. The molecule has 3 aliphatic rings. The lowest BCUT2D eigenvalue weighted by Crippen LogP contribution is -2.55. The Morgan fingerprint density at radius 3 is 2.47 bits per heavy atom. The van der Waals surface area contributed by atoms with Crippen LogP contribution < -0.4 is 20.9 Å². The van der Waals surface area contributed by atoms with Gasteiger partial charge in [-0.1, -0.05) is 13.8 Å². The number of likely N-dealkylation sites (tertiary alicyclic amines) is 1.